The molecule has 0 spiro atoms. The number of Topliss-reactive ketones (excluding diaryl/α,β-unsaturated/α-hetero) is 1. The van der Waals surface area contributed by atoms with E-state index in [2.05, 4.69) is 77.4 Å². The third-order valence-electron chi connectivity index (χ3n) is 15.0. The van der Waals surface area contributed by atoms with Crippen molar-refractivity contribution in [2.45, 2.75) is 97.3 Å². The number of carbonyl (C=O) groups is 4. The predicted molar refractivity (Wildman–Crippen MR) is 340 cm³/mol. The molecule has 9 heterocycles. The first-order valence-electron chi connectivity index (χ1n) is 30.0. The second-order valence-corrected chi connectivity index (χ2v) is 21.5. The van der Waals surface area contributed by atoms with E-state index in [9.17, 15) is 19.2 Å². The zero-order chi connectivity index (χ0) is 62.0. The van der Waals surface area contributed by atoms with Gasteiger partial charge in [0, 0.05) is 81.4 Å². The molecule has 3 saturated heterocycles. The van der Waals surface area contributed by atoms with Gasteiger partial charge >= 0.3 is 41.1 Å². The number of ketones is 1. The number of hydrogen-bond acceptors (Lipinski definition) is 20. The zero-order valence-corrected chi connectivity index (χ0v) is 56.2. The average Bonchev–Trinajstić information content (AvgIpc) is 1.92. The summed E-state index contributed by atoms with van der Waals surface area (Å²) in [5.41, 5.74) is 7.71. The van der Waals surface area contributed by atoms with E-state index in [1.807, 2.05) is 18.2 Å². The quantitative estimate of drug-likeness (QED) is 0.0457. The van der Waals surface area contributed by atoms with Gasteiger partial charge in [0.15, 0.2) is 5.78 Å². The number of halogens is 1. The van der Waals surface area contributed by atoms with E-state index in [1.54, 1.807) is 85.0 Å². The Labute approximate surface area is 560 Å². The van der Waals surface area contributed by atoms with E-state index in [-0.39, 0.29) is 102 Å². The average molecular weight is 1320 g/mol. The Bertz CT molecular complexity index is 3300. The maximum atomic E-state index is 12.6. The number of ether oxygens (including phenoxy) is 7. The van der Waals surface area contributed by atoms with Crippen molar-refractivity contribution in [3.63, 3.8) is 0 Å². The Morgan fingerprint density at radius 3 is 1.40 bits per heavy atom. The first-order chi connectivity index (χ1) is 42.9. The fraction of sp³-hybridized carbons (Fsp3) is 0.455. The van der Waals surface area contributed by atoms with Crippen LogP contribution < -0.4 is 51.2 Å². The predicted octanol–water partition coefficient (Wildman–Crippen LogP) is 4.24. The van der Waals surface area contributed by atoms with Gasteiger partial charge in [-0.25, -0.2) is 15.0 Å². The van der Waals surface area contributed by atoms with Crippen LogP contribution in [-0.4, -0.2) is 182 Å². The van der Waals surface area contributed by atoms with Crippen LogP contribution in [0, 0.1) is 18.8 Å². The molecule has 0 radical (unpaired) electrons. The molecule has 6 aliphatic heterocycles. The van der Waals surface area contributed by atoms with Crippen molar-refractivity contribution in [2.75, 3.05) is 115 Å². The third-order valence-corrected chi connectivity index (χ3v) is 15.0. The van der Waals surface area contributed by atoms with Crippen LogP contribution in [-0.2, 0) is 72.2 Å². The fourth-order valence-electron chi connectivity index (χ4n) is 10.3. The number of rotatable bonds is 21. The number of carbonyl (C=O) groups excluding carboxylic acids is 4. The van der Waals surface area contributed by atoms with Gasteiger partial charge in [-0.3, -0.25) is 38.8 Å². The van der Waals surface area contributed by atoms with Gasteiger partial charge in [-0.05, 0) is 119 Å². The summed E-state index contributed by atoms with van der Waals surface area (Å²) in [4.78, 5) is 81.9. The van der Waals surface area contributed by atoms with Crippen molar-refractivity contribution in [2.24, 2.45) is 0 Å². The molecule has 3 amide bonds. The van der Waals surface area contributed by atoms with Crippen molar-refractivity contribution in [3.05, 3.63) is 149 Å². The summed E-state index contributed by atoms with van der Waals surface area (Å²) in [6.07, 6.45) is 13.7. The molecule has 482 valence electrons. The SMILES string of the molecule is C1CCNC1.C1CCOC1.COCCOc1ncc2c(n1)N(Cc1cccc(C#N)c1)C(=O)C2.COCCOc1ncc2c(n1)N(Cc1cccc(C(C)=O)c1)C(=O)C2.COCCOc1ncc2c(n1)N(Cc1cccc(C(C)N3CCCC3)c1)C(=O)C2.[Br-].[CH3-].[Mg+2]. The Kier molecular flexibility index (Phi) is 32.2. The topological polar surface area (TPSA) is 259 Å². The first-order valence-corrected chi connectivity index (χ1v) is 30.0. The van der Waals surface area contributed by atoms with Crippen LogP contribution in [0.3, 0.4) is 0 Å². The summed E-state index contributed by atoms with van der Waals surface area (Å²) in [5, 5.41) is 12.2. The summed E-state index contributed by atoms with van der Waals surface area (Å²) in [6.45, 7) is 14.2. The zero-order valence-electron chi connectivity index (χ0n) is 53.2. The molecule has 3 fully saturated rings. The van der Waals surface area contributed by atoms with Gasteiger partial charge < -0.3 is 62.9 Å². The van der Waals surface area contributed by atoms with Crippen LogP contribution in [0.2, 0.25) is 0 Å². The van der Waals surface area contributed by atoms with E-state index in [0.717, 1.165) is 59.7 Å². The first kappa shape index (κ1) is 74.6. The van der Waals surface area contributed by atoms with Gasteiger partial charge in [-0.1, -0.05) is 54.6 Å². The van der Waals surface area contributed by atoms with Crippen molar-refractivity contribution >= 4 is 64.0 Å². The summed E-state index contributed by atoms with van der Waals surface area (Å²) >= 11 is 0. The molecule has 1 atom stereocenters. The minimum absolute atomic E-state index is 0. The Morgan fingerprint density at radius 1 is 0.593 bits per heavy atom. The van der Waals surface area contributed by atoms with Crippen molar-refractivity contribution in [1.29, 1.82) is 5.26 Å². The fourth-order valence-corrected chi connectivity index (χ4v) is 10.3. The van der Waals surface area contributed by atoms with Crippen LogP contribution in [0.15, 0.2) is 91.4 Å². The number of methoxy groups -OCH3 is 3. The molecule has 0 saturated carbocycles. The van der Waals surface area contributed by atoms with E-state index in [4.69, 9.17) is 38.4 Å². The number of nitrogens with zero attached hydrogens (tertiary/aromatic N) is 11. The van der Waals surface area contributed by atoms with Gasteiger partial charge in [-0.2, -0.15) is 20.2 Å². The number of anilines is 3. The van der Waals surface area contributed by atoms with E-state index in [0.29, 0.717) is 100 Å². The minimum Gasteiger partial charge on any atom is -1.00 e. The number of amides is 3. The molecule has 6 aliphatic rings. The monoisotopic (exact) mass is 1320 g/mol. The molecule has 91 heavy (non-hydrogen) atoms. The van der Waals surface area contributed by atoms with Crippen molar-refractivity contribution in [1.82, 2.24) is 40.1 Å². The molecule has 12 rings (SSSR count). The van der Waals surface area contributed by atoms with Crippen LogP contribution >= 0.6 is 0 Å². The van der Waals surface area contributed by atoms with Crippen LogP contribution in [0.5, 0.6) is 18.0 Å². The maximum Gasteiger partial charge on any atom is 2.00 e. The van der Waals surface area contributed by atoms with Gasteiger partial charge in [0.1, 0.15) is 37.3 Å². The molecule has 0 aliphatic carbocycles. The van der Waals surface area contributed by atoms with Crippen LogP contribution in [0.25, 0.3) is 0 Å². The number of nitriles is 1. The number of likely N-dealkylation sites (tertiary alicyclic amines) is 1. The second-order valence-electron chi connectivity index (χ2n) is 21.5. The number of hydrogen-bond donors (Lipinski definition) is 1. The maximum absolute atomic E-state index is 12.6. The third kappa shape index (κ3) is 22.3. The van der Waals surface area contributed by atoms with Crippen LogP contribution in [0.4, 0.5) is 17.5 Å². The smallest absolute Gasteiger partial charge is 1.00 e. The molecule has 1 unspecified atom stereocenters. The van der Waals surface area contributed by atoms with Crippen LogP contribution in [0.1, 0.15) is 113 Å². The number of fused-ring (bicyclic) bond motifs is 3. The van der Waals surface area contributed by atoms with Gasteiger partial charge in [0.25, 0.3) is 0 Å². The summed E-state index contributed by atoms with van der Waals surface area (Å²) in [5.74, 6) is 1.70. The van der Waals surface area contributed by atoms with E-state index >= 15 is 0 Å². The normalized spacial score (nSPS) is 15.2. The Balaban J connectivity index is 0.000000226. The second kappa shape index (κ2) is 39.3. The Morgan fingerprint density at radius 2 is 1.01 bits per heavy atom. The Hall–Kier alpha value is -7.12. The van der Waals surface area contributed by atoms with Crippen molar-refractivity contribution < 1.29 is 69.3 Å². The summed E-state index contributed by atoms with van der Waals surface area (Å²) in [7, 11) is 4.79. The molecule has 3 aromatic heterocycles. The van der Waals surface area contributed by atoms with Gasteiger partial charge in [-0.15, -0.1) is 0 Å². The molecule has 0 bridgehead atoms. The molecule has 25 heteroatoms. The molecular formula is C66H83BrMgN12O11. The number of aromatic nitrogens is 6. The van der Waals surface area contributed by atoms with Crippen molar-refractivity contribution in [3.8, 4) is 24.1 Å². The van der Waals surface area contributed by atoms with Gasteiger partial charge in [0.05, 0.1) is 70.4 Å². The summed E-state index contributed by atoms with van der Waals surface area (Å²) < 4.78 is 36.2. The van der Waals surface area contributed by atoms with Gasteiger partial charge in [0.2, 0.25) is 17.7 Å². The molecule has 3 aromatic carbocycles. The molecule has 23 nitrogen and oxygen atoms in total. The molecular weight excluding hydrogens is 1240 g/mol. The summed E-state index contributed by atoms with van der Waals surface area (Å²) in [6, 6.07) is 26.2. The molecule has 1 N–H and O–H groups in total. The largest absolute Gasteiger partial charge is 2.00 e. The molecule has 6 aromatic rings. The number of nitrogens with one attached hydrogen (secondary N) is 1. The minimum atomic E-state index is -0.0495. The van der Waals surface area contributed by atoms with E-state index in [1.165, 1.54) is 64.1 Å². The number of benzene rings is 3. The standard InChI is InChI=1S/C22H28N4O3.C18H19N3O4.C17H16N4O3.C4H9N.C4H8O.CH3.BrH.Mg/c1-16(25-8-3-4-9-25)18-7-5-6-17(12-18)15-26-20(27)13-19-14-23-22(24-21(19)26)29-11-10-28-2;1-12(22)14-5-3-4-13(8-14)11-21-16(23)9-15-10-19-18(20-17(15)21)25-7-6-24-2;1-23-5-6-24-17-19-10-14-8-15(22)21(16(14)20-17)11-13-4-2-3-12(7-13)9-18;2*1-2-4-5-3-1;;;/h5-7,12,14,16H,3-4,8-11,13,15H2,1-2H3;3-5,8,10H,6-7,9,11H2,1-2H3;2-4,7,10H,5-6,8,11H2,1H3;5H,1-4H2;1-4H2;1H3;1H;/q;;;;;-1;;+2/p-1. The van der Waals surface area contributed by atoms with E-state index < -0.39 is 0 Å².